The maximum absolute atomic E-state index is 12.8. The molecule has 6 nitrogen and oxygen atoms in total. The molecule has 0 N–H and O–H groups in total. The molecule has 0 spiro atoms. The lowest BCUT2D eigenvalue weighted by Crippen LogP contribution is -2.20. The van der Waals surface area contributed by atoms with Crippen LogP contribution in [0.25, 0.3) is 0 Å². The topological polar surface area (TPSA) is 78.4 Å². The van der Waals surface area contributed by atoms with Crippen LogP contribution in [0.4, 0.5) is 4.39 Å². The maximum atomic E-state index is 12.8. The molecule has 1 aromatic heterocycles. The van der Waals surface area contributed by atoms with Crippen LogP contribution < -0.4 is 4.74 Å². The Bertz CT molecular complexity index is 656. The minimum atomic E-state index is -0.893. The summed E-state index contributed by atoms with van der Waals surface area (Å²) in [5, 5.41) is 7.58. The molecule has 0 aliphatic carbocycles. The largest absolute Gasteiger partial charge is 0.460 e. The lowest BCUT2D eigenvalue weighted by Gasteiger charge is -2.04. The summed E-state index contributed by atoms with van der Waals surface area (Å²) in [4.78, 5) is 22.7. The molecule has 2 aromatic rings. The number of nitrogens with zero attached hydrogens (tertiary/aromatic N) is 2. The molecule has 0 aliphatic rings. The number of carbonyl (C=O) groups is 2. The van der Waals surface area contributed by atoms with Crippen LogP contribution >= 0.6 is 0 Å². The Kier molecular flexibility index (Phi) is 5.13. The van der Waals surface area contributed by atoms with Crippen molar-refractivity contribution in [2.24, 2.45) is 0 Å². The van der Waals surface area contributed by atoms with E-state index < -0.39 is 11.8 Å². The average Bonchev–Trinajstić information content (AvgIpc) is 2.51. The highest BCUT2D eigenvalue weighted by Crippen LogP contribution is 2.18. The molecule has 114 valence electrons. The van der Waals surface area contributed by atoms with Gasteiger partial charge < -0.3 is 9.47 Å². The van der Waals surface area contributed by atoms with E-state index in [9.17, 15) is 14.0 Å². The van der Waals surface area contributed by atoms with Crippen molar-refractivity contribution in [3.8, 4) is 11.6 Å². The fourth-order valence-electron chi connectivity index (χ4n) is 1.57. The van der Waals surface area contributed by atoms with Gasteiger partial charge in [0.05, 0.1) is 18.7 Å². The molecular weight excluding hydrogens is 291 g/mol. The van der Waals surface area contributed by atoms with E-state index in [1.54, 1.807) is 6.92 Å². The van der Waals surface area contributed by atoms with Gasteiger partial charge in [0.15, 0.2) is 0 Å². The Morgan fingerprint density at radius 1 is 1.09 bits per heavy atom. The molecule has 22 heavy (non-hydrogen) atoms. The first-order chi connectivity index (χ1) is 10.6. The van der Waals surface area contributed by atoms with Crippen molar-refractivity contribution < 1.29 is 23.5 Å². The van der Waals surface area contributed by atoms with E-state index in [0.717, 1.165) is 0 Å². The van der Waals surface area contributed by atoms with Crippen LogP contribution in [0, 0.1) is 5.82 Å². The SMILES string of the molecule is CCOC(=O)C(=O)Cc1ccc(Oc2ccc(F)cc2)nn1. The normalized spacial score (nSPS) is 10.1. The third-order valence-electron chi connectivity index (χ3n) is 2.58. The van der Waals surface area contributed by atoms with E-state index in [4.69, 9.17) is 4.74 Å². The summed E-state index contributed by atoms with van der Waals surface area (Å²) >= 11 is 0. The zero-order valence-electron chi connectivity index (χ0n) is 11.8. The molecule has 0 bridgehead atoms. The first kappa shape index (κ1) is 15.6. The molecule has 0 unspecified atom stereocenters. The van der Waals surface area contributed by atoms with E-state index in [2.05, 4.69) is 14.9 Å². The number of esters is 1. The molecule has 2 rings (SSSR count). The average molecular weight is 304 g/mol. The lowest BCUT2D eigenvalue weighted by atomic mass is 10.2. The summed E-state index contributed by atoms with van der Waals surface area (Å²) in [6.45, 7) is 1.76. The fraction of sp³-hybridized carbons (Fsp3) is 0.200. The Morgan fingerprint density at radius 3 is 2.41 bits per heavy atom. The predicted octanol–water partition coefficient (Wildman–Crippen LogP) is 2.08. The van der Waals surface area contributed by atoms with Gasteiger partial charge in [0.1, 0.15) is 11.6 Å². The first-order valence-electron chi connectivity index (χ1n) is 6.54. The fourth-order valence-corrected chi connectivity index (χ4v) is 1.57. The number of ether oxygens (including phenoxy) is 2. The van der Waals surface area contributed by atoms with Crippen molar-refractivity contribution in [3.05, 3.63) is 47.9 Å². The van der Waals surface area contributed by atoms with Gasteiger partial charge in [-0.3, -0.25) is 4.79 Å². The van der Waals surface area contributed by atoms with Crippen molar-refractivity contribution in [2.45, 2.75) is 13.3 Å². The van der Waals surface area contributed by atoms with E-state index in [1.807, 2.05) is 0 Å². The van der Waals surface area contributed by atoms with Crippen LogP contribution in [0.3, 0.4) is 0 Å². The van der Waals surface area contributed by atoms with Crippen molar-refractivity contribution >= 4 is 11.8 Å². The van der Waals surface area contributed by atoms with Crippen LogP contribution in [-0.2, 0) is 20.7 Å². The molecule has 0 radical (unpaired) electrons. The zero-order chi connectivity index (χ0) is 15.9. The molecule has 1 aromatic carbocycles. The summed E-state index contributed by atoms with van der Waals surface area (Å²) in [5.74, 6) is -1.35. The highest BCUT2D eigenvalue weighted by molar-refractivity contribution is 6.34. The number of hydrogen-bond donors (Lipinski definition) is 0. The highest BCUT2D eigenvalue weighted by atomic mass is 19.1. The molecule has 0 amide bonds. The van der Waals surface area contributed by atoms with Gasteiger partial charge in [-0.05, 0) is 37.3 Å². The summed E-state index contributed by atoms with van der Waals surface area (Å²) in [6, 6.07) is 8.45. The van der Waals surface area contributed by atoms with Crippen LogP contribution in [0.1, 0.15) is 12.6 Å². The standard InChI is InChI=1S/C15H13FN2O4/c1-2-21-15(20)13(19)9-11-5-8-14(18-17-11)22-12-6-3-10(16)4-7-12/h3-8H,2,9H2,1H3. The number of benzene rings is 1. The van der Waals surface area contributed by atoms with E-state index >= 15 is 0 Å². The molecule has 0 saturated carbocycles. The highest BCUT2D eigenvalue weighted by Gasteiger charge is 2.16. The number of Topliss-reactive ketones (excluding diaryl/α,β-unsaturated/α-hetero) is 1. The van der Waals surface area contributed by atoms with E-state index in [0.29, 0.717) is 11.4 Å². The second-order valence-electron chi connectivity index (χ2n) is 4.24. The Balaban J connectivity index is 1.96. The Morgan fingerprint density at radius 2 is 1.82 bits per heavy atom. The molecular formula is C15H13FN2O4. The summed E-state index contributed by atoms with van der Waals surface area (Å²) in [5.41, 5.74) is 0.324. The van der Waals surface area contributed by atoms with Gasteiger partial charge in [-0.2, -0.15) is 5.10 Å². The third kappa shape index (κ3) is 4.34. The Hall–Kier alpha value is -2.83. The van der Waals surface area contributed by atoms with Gasteiger partial charge in [0.2, 0.25) is 11.7 Å². The molecule has 0 fully saturated rings. The van der Waals surface area contributed by atoms with Crippen molar-refractivity contribution in [2.75, 3.05) is 6.61 Å². The van der Waals surface area contributed by atoms with Crippen molar-refractivity contribution in [1.29, 1.82) is 0 Å². The van der Waals surface area contributed by atoms with Gasteiger partial charge in [-0.25, -0.2) is 9.18 Å². The number of rotatable bonds is 6. The maximum Gasteiger partial charge on any atom is 0.375 e. The van der Waals surface area contributed by atoms with E-state index in [1.165, 1.54) is 36.4 Å². The van der Waals surface area contributed by atoms with Gasteiger partial charge >= 0.3 is 5.97 Å². The van der Waals surface area contributed by atoms with Crippen molar-refractivity contribution in [1.82, 2.24) is 10.2 Å². The lowest BCUT2D eigenvalue weighted by molar-refractivity contribution is -0.153. The van der Waals surface area contributed by atoms with Gasteiger partial charge in [0.25, 0.3) is 0 Å². The predicted molar refractivity (Wildman–Crippen MR) is 73.9 cm³/mol. The van der Waals surface area contributed by atoms with Gasteiger partial charge in [-0.1, -0.05) is 0 Å². The van der Waals surface area contributed by atoms with Crippen molar-refractivity contribution in [3.63, 3.8) is 0 Å². The van der Waals surface area contributed by atoms with E-state index in [-0.39, 0.29) is 24.7 Å². The van der Waals surface area contributed by atoms with Crippen LogP contribution in [0.5, 0.6) is 11.6 Å². The Labute approximate surface area is 125 Å². The van der Waals surface area contributed by atoms with Gasteiger partial charge in [-0.15, -0.1) is 5.10 Å². The second kappa shape index (κ2) is 7.26. The first-order valence-corrected chi connectivity index (χ1v) is 6.54. The minimum absolute atomic E-state index is 0.140. The molecule has 0 saturated heterocycles. The monoisotopic (exact) mass is 304 g/mol. The minimum Gasteiger partial charge on any atom is -0.460 e. The number of ketones is 1. The quantitative estimate of drug-likeness (QED) is 0.600. The van der Waals surface area contributed by atoms with Gasteiger partial charge in [0, 0.05) is 6.07 Å². The molecule has 1 heterocycles. The number of halogens is 1. The number of hydrogen-bond acceptors (Lipinski definition) is 6. The number of aromatic nitrogens is 2. The summed E-state index contributed by atoms with van der Waals surface area (Å²) < 4.78 is 22.7. The summed E-state index contributed by atoms with van der Waals surface area (Å²) in [7, 11) is 0. The molecule has 0 aliphatic heterocycles. The van der Waals surface area contributed by atoms with Crippen LogP contribution in [0.2, 0.25) is 0 Å². The molecule has 0 atom stereocenters. The second-order valence-corrected chi connectivity index (χ2v) is 4.24. The third-order valence-corrected chi connectivity index (χ3v) is 2.58. The van der Waals surface area contributed by atoms with Crippen LogP contribution in [-0.4, -0.2) is 28.6 Å². The molecule has 7 heteroatoms. The number of carbonyl (C=O) groups excluding carboxylic acids is 2. The summed E-state index contributed by atoms with van der Waals surface area (Å²) in [6.07, 6.45) is -0.192. The zero-order valence-corrected chi connectivity index (χ0v) is 11.8. The smallest absolute Gasteiger partial charge is 0.375 e. The van der Waals surface area contributed by atoms with Crippen LogP contribution in [0.15, 0.2) is 36.4 Å².